The molecule has 0 N–H and O–H groups in total. The second-order valence-electron chi connectivity index (χ2n) is 8.44. The molecule has 0 spiro atoms. The Morgan fingerprint density at radius 1 is 0.900 bits per heavy atom. The minimum absolute atomic E-state index is 0.113. The number of halogens is 3. The highest BCUT2D eigenvalue weighted by atomic mass is 32.2. The third-order valence-electron chi connectivity index (χ3n) is 5.82. The van der Waals surface area contributed by atoms with Gasteiger partial charge in [-0.2, -0.15) is 0 Å². The van der Waals surface area contributed by atoms with E-state index < -0.39 is 55.2 Å². The van der Waals surface area contributed by atoms with Crippen molar-refractivity contribution in [3.63, 3.8) is 0 Å². The van der Waals surface area contributed by atoms with Crippen molar-refractivity contribution >= 4 is 22.4 Å². The number of rotatable bonds is 3. The molecule has 3 nitrogen and oxygen atoms in total. The van der Waals surface area contributed by atoms with Gasteiger partial charge in [0.25, 0.3) is 0 Å². The number of Topliss-reactive ketones (excluding diaryl/α,β-unsaturated/α-hetero) is 2. The molecule has 1 saturated heterocycles. The number of benzene rings is 2. The SMILES string of the molecule is CCc1cc(-c2ccc(F)c(F)c2F)ccc1C1C(=O)C(C)(C)S(=O)C(C)(C)C1=O. The maximum Gasteiger partial charge on any atom is 0.195 e. The lowest BCUT2D eigenvalue weighted by molar-refractivity contribution is -0.132. The normalized spacial score (nSPS) is 22.9. The van der Waals surface area contributed by atoms with E-state index in [1.165, 1.54) is 6.07 Å². The van der Waals surface area contributed by atoms with E-state index in [1.54, 1.807) is 39.8 Å². The van der Waals surface area contributed by atoms with E-state index in [2.05, 4.69) is 0 Å². The van der Waals surface area contributed by atoms with Crippen molar-refractivity contribution in [3.05, 3.63) is 58.9 Å². The summed E-state index contributed by atoms with van der Waals surface area (Å²) in [5.74, 6) is -6.07. The summed E-state index contributed by atoms with van der Waals surface area (Å²) in [5.41, 5.74) is 1.28. The largest absolute Gasteiger partial charge is 0.297 e. The lowest BCUT2D eigenvalue weighted by Crippen LogP contribution is -2.59. The fraction of sp³-hybridized carbons (Fsp3) is 0.391. The van der Waals surface area contributed by atoms with Gasteiger partial charge in [0.1, 0.15) is 15.4 Å². The number of carbonyl (C=O) groups is 2. The van der Waals surface area contributed by atoms with Gasteiger partial charge < -0.3 is 0 Å². The second kappa shape index (κ2) is 7.45. The first-order valence-corrected chi connectivity index (χ1v) is 10.8. The molecule has 2 aromatic carbocycles. The lowest BCUT2D eigenvalue weighted by atomic mass is 9.77. The number of hydrogen-bond acceptors (Lipinski definition) is 3. The first kappa shape index (κ1) is 22.4. The molecule has 0 radical (unpaired) electrons. The van der Waals surface area contributed by atoms with Gasteiger partial charge >= 0.3 is 0 Å². The molecule has 0 aliphatic carbocycles. The zero-order valence-electron chi connectivity index (χ0n) is 17.4. The Morgan fingerprint density at radius 2 is 1.47 bits per heavy atom. The van der Waals surface area contributed by atoms with E-state index in [-0.39, 0.29) is 5.56 Å². The number of hydrogen-bond donors (Lipinski definition) is 0. The van der Waals surface area contributed by atoms with Crippen molar-refractivity contribution in [2.45, 2.75) is 56.5 Å². The van der Waals surface area contributed by atoms with Crippen LogP contribution in [-0.4, -0.2) is 25.3 Å². The number of aryl methyl sites for hydroxylation is 1. The highest BCUT2D eigenvalue weighted by Crippen LogP contribution is 2.42. The Hall–Kier alpha value is -2.28. The highest BCUT2D eigenvalue weighted by Gasteiger charge is 2.57. The molecule has 1 fully saturated rings. The lowest BCUT2D eigenvalue weighted by Gasteiger charge is -2.41. The van der Waals surface area contributed by atoms with E-state index >= 15 is 0 Å². The molecule has 3 rings (SSSR count). The molecule has 0 bridgehead atoms. The Bertz CT molecular complexity index is 1060. The van der Waals surface area contributed by atoms with E-state index in [0.717, 1.165) is 12.1 Å². The van der Waals surface area contributed by atoms with Crippen molar-refractivity contribution in [3.8, 4) is 11.1 Å². The quantitative estimate of drug-likeness (QED) is 0.509. The van der Waals surface area contributed by atoms with Gasteiger partial charge in [0.05, 0.1) is 0 Å². The molecule has 1 aliphatic heterocycles. The van der Waals surface area contributed by atoms with Gasteiger partial charge in [0, 0.05) is 16.4 Å². The summed E-state index contributed by atoms with van der Waals surface area (Å²) in [5, 5.41) is 0. The summed E-state index contributed by atoms with van der Waals surface area (Å²) in [6.07, 6.45) is 0.426. The van der Waals surface area contributed by atoms with E-state index in [9.17, 15) is 27.0 Å². The van der Waals surface area contributed by atoms with Crippen molar-refractivity contribution in [2.75, 3.05) is 0 Å². The Morgan fingerprint density at radius 3 is 2.00 bits per heavy atom. The van der Waals surface area contributed by atoms with Crippen LogP contribution >= 0.6 is 0 Å². The summed E-state index contributed by atoms with van der Waals surface area (Å²) >= 11 is 0. The van der Waals surface area contributed by atoms with Crippen molar-refractivity contribution in [1.29, 1.82) is 0 Å². The molecular weight excluding hydrogens is 413 g/mol. The molecule has 0 aromatic heterocycles. The molecule has 0 atom stereocenters. The van der Waals surface area contributed by atoms with Gasteiger partial charge in [-0.3, -0.25) is 13.8 Å². The molecule has 160 valence electrons. The van der Waals surface area contributed by atoms with E-state index in [0.29, 0.717) is 23.1 Å². The summed E-state index contributed by atoms with van der Waals surface area (Å²) in [6, 6.07) is 6.61. The summed E-state index contributed by atoms with van der Waals surface area (Å²) < 4.78 is 51.6. The van der Waals surface area contributed by atoms with Crippen LogP contribution in [0.15, 0.2) is 30.3 Å². The van der Waals surface area contributed by atoms with Crippen LogP contribution in [0.3, 0.4) is 0 Å². The van der Waals surface area contributed by atoms with Crippen LogP contribution < -0.4 is 0 Å². The maximum absolute atomic E-state index is 14.3. The maximum atomic E-state index is 14.3. The molecule has 0 amide bonds. The van der Waals surface area contributed by atoms with Crippen LogP contribution in [0.4, 0.5) is 13.2 Å². The van der Waals surface area contributed by atoms with Gasteiger partial charge in [0.15, 0.2) is 29.0 Å². The van der Waals surface area contributed by atoms with Crippen molar-refractivity contribution in [1.82, 2.24) is 0 Å². The molecule has 7 heteroatoms. The Kier molecular flexibility index (Phi) is 5.56. The first-order chi connectivity index (χ1) is 13.9. The van der Waals surface area contributed by atoms with Crippen molar-refractivity contribution < 1.29 is 27.0 Å². The van der Waals surface area contributed by atoms with Gasteiger partial charge in [0.2, 0.25) is 0 Å². The average Bonchev–Trinajstić information content (AvgIpc) is 2.70. The van der Waals surface area contributed by atoms with Crippen LogP contribution in [0.5, 0.6) is 0 Å². The number of carbonyl (C=O) groups excluding carboxylic acids is 2. The standard InChI is InChI=1S/C23H23F3O3S/c1-6-12-11-13(15-9-10-16(24)19(26)18(15)25)7-8-14(12)17-20(27)22(2,3)30(29)23(4,5)21(17)28/h7-11,17H,6H2,1-5H3. The van der Waals surface area contributed by atoms with Gasteiger partial charge in [-0.1, -0.05) is 25.1 Å². The molecule has 30 heavy (non-hydrogen) atoms. The van der Waals surface area contributed by atoms with Crippen LogP contribution in [0.25, 0.3) is 11.1 Å². The molecular formula is C23H23F3O3S. The molecule has 0 unspecified atom stereocenters. The fourth-order valence-corrected chi connectivity index (χ4v) is 5.90. The smallest absolute Gasteiger partial charge is 0.195 e. The van der Waals surface area contributed by atoms with E-state index in [4.69, 9.17) is 0 Å². The Labute approximate surface area is 176 Å². The van der Waals surface area contributed by atoms with Gasteiger partial charge in [-0.15, -0.1) is 0 Å². The molecule has 1 aliphatic rings. The zero-order valence-corrected chi connectivity index (χ0v) is 18.3. The predicted molar refractivity (Wildman–Crippen MR) is 110 cm³/mol. The highest BCUT2D eigenvalue weighted by molar-refractivity contribution is 7.89. The van der Waals surface area contributed by atoms with Crippen LogP contribution in [-0.2, 0) is 26.8 Å². The van der Waals surface area contributed by atoms with Gasteiger partial charge in [-0.25, -0.2) is 13.2 Å². The predicted octanol–water partition coefficient (Wildman–Crippen LogP) is 4.87. The van der Waals surface area contributed by atoms with Crippen LogP contribution in [0.2, 0.25) is 0 Å². The molecule has 0 saturated carbocycles. The number of ketones is 2. The molecule has 2 aromatic rings. The summed E-state index contributed by atoms with van der Waals surface area (Å²) in [4.78, 5) is 26.3. The fourth-order valence-electron chi connectivity index (χ4n) is 4.03. The zero-order chi connectivity index (χ0) is 22.6. The molecule has 1 heterocycles. The third-order valence-corrected chi connectivity index (χ3v) is 8.08. The summed E-state index contributed by atoms with van der Waals surface area (Å²) in [7, 11) is -1.69. The Balaban J connectivity index is 2.16. The first-order valence-electron chi connectivity index (χ1n) is 9.63. The summed E-state index contributed by atoms with van der Waals surface area (Å²) in [6.45, 7) is 8.11. The third kappa shape index (κ3) is 3.23. The van der Waals surface area contributed by atoms with Crippen molar-refractivity contribution in [2.24, 2.45) is 0 Å². The van der Waals surface area contributed by atoms with Crippen LogP contribution in [0, 0.1) is 17.5 Å². The van der Waals surface area contributed by atoms with Gasteiger partial charge in [-0.05, 0) is 62.9 Å². The van der Waals surface area contributed by atoms with E-state index in [1.807, 2.05) is 6.92 Å². The minimum atomic E-state index is -1.69. The topological polar surface area (TPSA) is 51.2 Å². The second-order valence-corrected chi connectivity index (χ2v) is 11.0. The monoisotopic (exact) mass is 436 g/mol. The van der Waals surface area contributed by atoms with Crippen LogP contribution in [0.1, 0.15) is 51.7 Å². The minimum Gasteiger partial charge on any atom is -0.297 e. The average molecular weight is 436 g/mol.